The Labute approximate surface area is 228 Å². The Morgan fingerprint density at radius 3 is 2.42 bits per heavy atom. The van der Waals surface area contributed by atoms with Gasteiger partial charge in [0, 0.05) is 35.3 Å². The lowest BCUT2D eigenvalue weighted by molar-refractivity contribution is -0.139. The second-order valence-electron chi connectivity index (χ2n) is 8.74. The molecule has 0 radical (unpaired) electrons. The number of hydrogen-bond acceptors (Lipinski definition) is 3. The fourth-order valence-electron chi connectivity index (χ4n) is 3.90. The fraction of sp³-hybridized carbons (Fsp3) is 0.310. The number of carbonyl (C=O) groups is 2. The summed E-state index contributed by atoms with van der Waals surface area (Å²) in [5.74, 6) is 0.592. The summed E-state index contributed by atoms with van der Waals surface area (Å²) >= 11 is 13.8. The third-order valence-corrected chi connectivity index (χ3v) is 7.31. The third-order valence-electron chi connectivity index (χ3n) is 5.75. The van der Waals surface area contributed by atoms with Crippen molar-refractivity contribution in [1.29, 1.82) is 0 Å². The maximum absolute atomic E-state index is 13.6. The van der Waals surface area contributed by atoms with Crippen molar-refractivity contribution >= 4 is 46.8 Å². The minimum absolute atomic E-state index is 0.0841. The van der Waals surface area contributed by atoms with Gasteiger partial charge >= 0.3 is 0 Å². The van der Waals surface area contributed by atoms with Gasteiger partial charge in [0.15, 0.2) is 0 Å². The highest BCUT2D eigenvalue weighted by Crippen LogP contribution is 2.25. The molecule has 0 saturated heterocycles. The summed E-state index contributed by atoms with van der Waals surface area (Å²) in [4.78, 5) is 28.7. The van der Waals surface area contributed by atoms with E-state index in [1.54, 1.807) is 17.0 Å². The minimum atomic E-state index is -0.619. The van der Waals surface area contributed by atoms with Crippen LogP contribution in [0.4, 0.5) is 0 Å². The van der Waals surface area contributed by atoms with Crippen LogP contribution in [0.5, 0.6) is 0 Å². The van der Waals surface area contributed by atoms with Crippen molar-refractivity contribution in [2.75, 3.05) is 12.3 Å². The molecule has 0 aliphatic heterocycles. The van der Waals surface area contributed by atoms with Crippen LogP contribution in [0.15, 0.2) is 72.8 Å². The summed E-state index contributed by atoms with van der Waals surface area (Å²) in [5, 5.41) is 4.17. The van der Waals surface area contributed by atoms with E-state index in [4.69, 9.17) is 23.2 Å². The van der Waals surface area contributed by atoms with Gasteiger partial charge in [-0.2, -0.15) is 0 Å². The highest BCUT2D eigenvalue weighted by atomic mass is 35.5. The van der Waals surface area contributed by atoms with Crippen molar-refractivity contribution in [1.82, 2.24) is 10.2 Å². The van der Waals surface area contributed by atoms with Gasteiger partial charge in [0.05, 0.1) is 5.75 Å². The van der Waals surface area contributed by atoms with Gasteiger partial charge in [-0.3, -0.25) is 9.59 Å². The summed E-state index contributed by atoms with van der Waals surface area (Å²) in [5.41, 5.74) is 4.04. The lowest BCUT2D eigenvalue weighted by atomic mass is 10.0. The first-order valence-electron chi connectivity index (χ1n) is 12.1. The molecule has 0 spiro atoms. The Morgan fingerprint density at radius 1 is 0.972 bits per heavy atom. The van der Waals surface area contributed by atoms with E-state index >= 15 is 0 Å². The number of amides is 2. The molecule has 0 unspecified atom stereocenters. The number of benzene rings is 3. The summed E-state index contributed by atoms with van der Waals surface area (Å²) in [6, 6.07) is 22.7. The zero-order valence-electron chi connectivity index (χ0n) is 20.7. The largest absolute Gasteiger partial charge is 0.354 e. The lowest BCUT2D eigenvalue weighted by Gasteiger charge is -2.31. The topological polar surface area (TPSA) is 49.4 Å². The number of aryl methyl sites for hydroxylation is 1. The maximum atomic E-state index is 13.6. The molecule has 3 aromatic rings. The van der Waals surface area contributed by atoms with E-state index in [9.17, 15) is 9.59 Å². The molecule has 7 heteroatoms. The van der Waals surface area contributed by atoms with E-state index in [0.29, 0.717) is 35.3 Å². The summed E-state index contributed by atoms with van der Waals surface area (Å²) < 4.78 is 0. The number of carbonyl (C=O) groups excluding carboxylic acids is 2. The number of nitrogens with one attached hydrogen (secondary N) is 1. The highest BCUT2D eigenvalue weighted by Gasteiger charge is 2.30. The first-order chi connectivity index (χ1) is 17.4. The monoisotopic (exact) mass is 542 g/mol. The van der Waals surface area contributed by atoms with Gasteiger partial charge in [-0.1, -0.05) is 96.4 Å². The lowest BCUT2D eigenvalue weighted by Crippen LogP contribution is -2.51. The van der Waals surface area contributed by atoms with Gasteiger partial charge in [0.2, 0.25) is 11.8 Å². The predicted octanol–water partition coefficient (Wildman–Crippen LogP) is 6.70. The molecular formula is C29H32Cl2N2O2S. The number of rotatable bonds is 12. The Morgan fingerprint density at radius 2 is 1.72 bits per heavy atom. The van der Waals surface area contributed by atoms with Crippen LogP contribution in [0.25, 0.3) is 0 Å². The summed E-state index contributed by atoms with van der Waals surface area (Å²) in [6.07, 6.45) is 1.27. The molecule has 0 bridgehead atoms. The molecular weight excluding hydrogens is 511 g/mol. The Balaban J connectivity index is 1.84. The second kappa shape index (κ2) is 14.3. The molecule has 0 heterocycles. The van der Waals surface area contributed by atoms with Crippen molar-refractivity contribution in [3.8, 4) is 0 Å². The van der Waals surface area contributed by atoms with Crippen molar-refractivity contribution in [2.45, 2.75) is 45.0 Å². The van der Waals surface area contributed by atoms with Crippen LogP contribution in [0.1, 0.15) is 35.6 Å². The molecule has 3 rings (SSSR count). The van der Waals surface area contributed by atoms with Crippen molar-refractivity contribution in [3.63, 3.8) is 0 Å². The molecule has 0 aliphatic carbocycles. The molecule has 36 heavy (non-hydrogen) atoms. The average molecular weight is 544 g/mol. The number of nitrogens with zero attached hydrogens (tertiary/aromatic N) is 1. The van der Waals surface area contributed by atoms with Gasteiger partial charge < -0.3 is 10.2 Å². The molecule has 0 fully saturated rings. The smallest absolute Gasteiger partial charge is 0.243 e. The predicted molar refractivity (Wildman–Crippen MR) is 152 cm³/mol. The zero-order chi connectivity index (χ0) is 25.9. The summed E-state index contributed by atoms with van der Waals surface area (Å²) in [7, 11) is 0. The minimum Gasteiger partial charge on any atom is -0.354 e. The second-order valence-corrected chi connectivity index (χ2v) is 10.6. The van der Waals surface area contributed by atoms with Crippen LogP contribution in [-0.2, 0) is 28.3 Å². The van der Waals surface area contributed by atoms with Crippen LogP contribution in [-0.4, -0.2) is 35.1 Å². The van der Waals surface area contributed by atoms with Crippen LogP contribution < -0.4 is 5.32 Å². The Kier molecular flexibility index (Phi) is 11.2. The van der Waals surface area contributed by atoms with E-state index < -0.39 is 6.04 Å². The van der Waals surface area contributed by atoms with Gasteiger partial charge in [0.1, 0.15) is 6.04 Å². The zero-order valence-corrected chi connectivity index (χ0v) is 23.0. The number of hydrogen-bond donors (Lipinski definition) is 1. The molecule has 0 aromatic heterocycles. The van der Waals surface area contributed by atoms with Gasteiger partial charge in [0.25, 0.3) is 0 Å². The van der Waals surface area contributed by atoms with E-state index in [0.717, 1.165) is 28.7 Å². The molecule has 190 valence electrons. The Hall–Kier alpha value is -2.47. The van der Waals surface area contributed by atoms with Gasteiger partial charge in [-0.25, -0.2) is 0 Å². The first kappa shape index (κ1) is 28.1. The van der Waals surface area contributed by atoms with E-state index in [1.165, 1.54) is 11.8 Å². The molecule has 3 aromatic carbocycles. The number of halogens is 2. The first-order valence-corrected chi connectivity index (χ1v) is 14.0. The van der Waals surface area contributed by atoms with Crippen molar-refractivity contribution in [2.24, 2.45) is 0 Å². The summed E-state index contributed by atoms with van der Waals surface area (Å²) in [6.45, 7) is 4.97. The third kappa shape index (κ3) is 8.58. The average Bonchev–Trinajstić information content (AvgIpc) is 2.86. The Bertz CT molecular complexity index is 1160. The normalized spacial score (nSPS) is 11.7. The maximum Gasteiger partial charge on any atom is 0.243 e. The van der Waals surface area contributed by atoms with Crippen LogP contribution in [0, 0.1) is 6.92 Å². The molecule has 0 saturated carbocycles. The molecule has 2 amide bonds. The van der Waals surface area contributed by atoms with Crippen LogP contribution in [0.2, 0.25) is 10.0 Å². The molecule has 0 aliphatic rings. The molecule has 4 nitrogen and oxygen atoms in total. The van der Waals surface area contributed by atoms with E-state index in [2.05, 4.69) is 11.4 Å². The molecule has 1 N–H and O–H groups in total. The van der Waals surface area contributed by atoms with Crippen molar-refractivity contribution in [3.05, 3.63) is 105 Å². The molecule has 1 atom stereocenters. The standard InChI is InChI=1S/C29H32Cl2N2O2S/c1-3-14-32-29(35)27(16-22-9-5-4-6-10-22)33(18-23-11-7-8-21(2)15-23)28(34)20-36-19-24-12-13-25(30)17-26(24)31/h4-13,15,17,27H,3,14,16,18-20H2,1-2H3,(H,32,35)/t27-/m1/s1. The van der Waals surface area contributed by atoms with Gasteiger partial charge in [-0.05, 0) is 42.2 Å². The van der Waals surface area contributed by atoms with Crippen LogP contribution >= 0.6 is 35.0 Å². The quantitative estimate of drug-likeness (QED) is 0.277. The number of thioether (sulfide) groups is 1. The SMILES string of the molecule is CCCNC(=O)[C@@H](Cc1ccccc1)N(Cc1cccc(C)c1)C(=O)CSCc1ccc(Cl)cc1Cl. The van der Waals surface area contributed by atoms with E-state index in [-0.39, 0.29) is 17.6 Å². The fourth-order valence-corrected chi connectivity index (χ4v) is 5.37. The van der Waals surface area contributed by atoms with Crippen LogP contribution in [0.3, 0.4) is 0 Å². The highest BCUT2D eigenvalue weighted by molar-refractivity contribution is 7.99. The van der Waals surface area contributed by atoms with Crippen molar-refractivity contribution < 1.29 is 9.59 Å². The van der Waals surface area contributed by atoms with Gasteiger partial charge in [-0.15, -0.1) is 11.8 Å². The van der Waals surface area contributed by atoms with E-state index in [1.807, 2.05) is 68.4 Å².